The maximum Gasteiger partial charge on any atom is 0.492 e. The van der Waals surface area contributed by atoms with Crippen LogP contribution in [0.15, 0.2) is 0 Å². The van der Waals surface area contributed by atoms with Gasteiger partial charge in [-0.1, -0.05) is 13.3 Å². The van der Waals surface area contributed by atoms with E-state index in [1.807, 2.05) is 6.92 Å². The first-order chi connectivity index (χ1) is 9.34. The van der Waals surface area contributed by atoms with Crippen LogP contribution in [0.5, 0.6) is 0 Å². The molecule has 0 saturated carbocycles. The molecule has 0 aromatic carbocycles. The lowest BCUT2D eigenvalue weighted by Crippen LogP contribution is -2.43. The maximum absolute atomic E-state index is 12.0. The van der Waals surface area contributed by atoms with Crippen LogP contribution in [0.25, 0.3) is 0 Å². The molecule has 0 bridgehead atoms. The van der Waals surface area contributed by atoms with Crippen molar-refractivity contribution in [3.05, 3.63) is 0 Å². The lowest BCUT2D eigenvalue weighted by atomic mass is 9.97. The number of unbranched alkanes of at least 4 members (excludes halogenated alkanes) is 1. The van der Waals surface area contributed by atoms with Crippen molar-refractivity contribution < 1.29 is 27.6 Å². The van der Waals surface area contributed by atoms with Gasteiger partial charge in [0.15, 0.2) is 0 Å². The van der Waals surface area contributed by atoms with Crippen LogP contribution in [0, 0.1) is 5.92 Å². The van der Waals surface area contributed by atoms with Crippen LogP contribution in [0.2, 0.25) is 0 Å². The van der Waals surface area contributed by atoms with E-state index in [4.69, 9.17) is 0 Å². The normalized spacial score (nSPS) is 17.8. The number of hydroxylamine groups is 2. The summed E-state index contributed by atoms with van der Waals surface area (Å²) in [6.45, 7) is 2.89. The second-order valence-corrected chi connectivity index (χ2v) is 4.72. The molecule has 1 rings (SSSR count). The number of hydrogen-bond acceptors (Lipinski definition) is 4. The third kappa shape index (κ3) is 5.36. The van der Waals surface area contributed by atoms with Crippen LogP contribution < -0.4 is 5.32 Å². The van der Waals surface area contributed by atoms with Gasteiger partial charge in [0.25, 0.3) is 0 Å². The molecule has 0 atom stereocenters. The van der Waals surface area contributed by atoms with Gasteiger partial charge in [0, 0.05) is 25.6 Å². The number of amides is 1. The Hall–Kier alpha value is -1.31. The van der Waals surface area contributed by atoms with Crippen LogP contribution in [0.4, 0.5) is 13.2 Å². The van der Waals surface area contributed by atoms with E-state index in [-0.39, 0.29) is 24.9 Å². The van der Waals surface area contributed by atoms with Crippen LogP contribution >= 0.6 is 0 Å². The summed E-state index contributed by atoms with van der Waals surface area (Å²) in [4.78, 5) is 26.6. The highest BCUT2D eigenvalue weighted by molar-refractivity contribution is 5.78. The number of alkyl halides is 3. The molecule has 1 aliphatic heterocycles. The van der Waals surface area contributed by atoms with Gasteiger partial charge in [-0.05, 0) is 19.3 Å². The molecule has 5 nitrogen and oxygen atoms in total. The quantitative estimate of drug-likeness (QED) is 0.784. The van der Waals surface area contributed by atoms with E-state index in [0.717, 1.165) is 17.9 Å². The molecule has 0 aromatic rings. The molecule has 116 valence electrons. The summed E-state index contributed by atoms with van der Waals surface area (Å²) in [6, 6.07) is 0. The molecular formula is C12H19F3N2O3. The smallest absolute Gasteiger partial charge is 0.361 e. The monoisotopic (exact) mass is 296 g/mol. The fourth-order valence-electron chi connectivity index (χ4n) is 1.91. The lowest BCUT2D eigenvalue weighted by molar-refractivity contribution is -0.242. The molecule has 20 heavy (non-hydrogen) atoms. The molecule has 1 fully saturated rings. The molecule has 1 amide bonds. The predicted octanol–water partition coefficient (Wildman–Crippen LogP) is 1.64. The maximum atomic E-state index is 12.0. The Balaban J connectivity index is 2.29. The summed E-state index contributed by atoms with van der Waals surface area (Å²) in [5.41, 5.74) is 0. The number of hydrogen-bond donors (Lipinski definition) is 1. The van der Waals surface area contributed by atoms with Crippen molar-refractivity contribution >= 4 is 11.9 Å². The number of piperidine rings is 1. The van der Waals surface area contributed by atoms with Gasteiger partial charge in [0.05, 0.1) is 0 Å². The molecule has 0 aliphatic carbocycles. The van der Waals surface area contributed by atoms with Crippen LogP contribution in [0.3, 0.4) is 0 Å². The molecular weight excluding hydrogens is 277 g/mol. The Labute approximate surface area is 115 Å². The summed E-state index contributed by atoms with van der Waals surface area (Å²) >= 11 is 0. The van der Waals surface area contributed by atoms with Gasteiger partial charge in [-0.3, -0.25) is 4.79 Å². The van der Waals surface area contributed by atoms with Crippen molar-refractivity contribution in [2.45, 2.75) is 38.8 Å². The van der Waals surface area contributed by atoms with Gasteiger partial charge in [0.1, 0.15) is 0 Å². The number of carbonyl (C=O) groups is 2. The number of carbonyl (C=O) groups excluding carboxylic acids is 2. The van der Waals surface area contributed by atoms with Crippen molar-refractivity contribution in [3.8, 4) is 0 Å². The van der Waals surface area contributed by atoms with E-state index in [2.05, 4.69) is 10.2 Å². The number of halogens is 3. The highest BCUT2D eigenvalue weighted by atomic mass is 19.4. The van der Waals surface area contributed by atoms with Crippen molar-refractivity contribution in [1.82, 2.24) is 10.4 Å². The Morgan fingerprint density at radius 3 is 2.40 bits per heavy atom. The number of rotatable bonds is 5. The minimum absolute atomic E-state index is 0.0831. The second-order valence-electron chi connectivity index (χ2n) is 4.72. The van der Waals surface area contributed by atoms with Crippen molar-refractivity contribution in [1.29, 1.82) is 0 Å². The lowest BCUT2D eigenvalue weighted by Gasteiger charge is -2.29. The standard InChI is InChI=1S/C12H19F3N2O3/c1-2-3-6-16-10(18)9-4-7-17(8-5-9)20-11(19)12(13,14)15/h9H,2-8H2,1H3,(H,16,18). The molecule has 0 spiro atoms. The molecule has 0 unspecified atom stereocenters. The van der Waals surface area contributed by atoms with Crippen molar-refractivity contribution in [3.63, 3.8) is 0 Å². The van der Waals surface area contributed by atoms with Crippen molar-refractivity contribution in [2.75, 3.05) is 19.6 Å². The average Bonchev–Trinajstić information content (AvgIpc) is 2.38. The zero-order valence-electron chi connectivity index (χ0n) is 11.3. The first-order valence-electron chi connectivity index (χ1n) is 6.66. The van der Waals surface area contributed by atoms with Crippen LogP contribution in [0.1, 0.15) is 32.6 Å². The van der Waals surface area contributed by atoms with Gasteiger partial charge in [-0.25, -0.2) is 4.79 Å². The summed E-state index contributed by atoms with van der Waals surface area (Å²) in [5, 5.41) is 3.75. The first-order valence-corrected chi connectivity index (χ1v) is 6.66. The number of nitrogens with one attached hydrogen (secondary N) is 1. The molecule has 0 aromatic heterocycles. The Bertz CT molecular complexity index is 339. The fraction of sp³-hybridized carbons (Fsp3) is 0.833. The van der Waals surface area contributed by atoms with E-state index in [0.29, 0.717) is 19.4 Å². The predicted molar refractivity (Wildman–Crippen MR) is 64.4 cm³/mol. The van der Waals surface area contributed by atoms with Crippen LogP contribution in [-0.4, -0.2) is 42.8 Å². The van der Waals surface area contributed by atoms with Gasteiger partial charge < -0.3 is 10.2 Å². The summed E-state index contributed by atoms with van der Waals surface area (Å²) in [6.07, 6.45) is -2.36. The molecule has 1 saturated heterocycles. The molecule has 0 radical (unpaired) electrons. The minimum Gasteiger partial charge on any atom is -0.361 e. The average molecular weight is 296 g/mol. The van der Waals surface area contributed by atoms with E-state index < -0.39 is 12.1 Å². The van der Waals surface area contributed by atoms with Crippen LogP contribution in [-0.2, 0) is 14.4 Å². The Morgan fingerprint density at radius 2 is 1.90 bits per heavy atom. The molecule has 1 aliphatic rings. The summed E-state index contributed by atoms with van der Waals surface area (Å²) in [5.74, 6) is -2.53. The van der Waals surface area contributed by atoms with Gasteiger partial charge in [0.2, 0.25) is 5.91 Å². The Morgan fingerprint density at radius 1 is 1.30 bits per heavy atom. The van der Waals surface area contributed by atoms with E-state index in [9.17, 15) is 22.8 Å². The van der Waals surface area contributed by atoms with Gasteiger partial charge in [-0.15, -0.1) is 5.06 Å². The third-order valence-corrected chi connectivity index (χ3v) is 3.10. The summed E-state index contributed by atoms with van der Waals surface area (Å²) < 4.78 is 36.0. The van der Waals surface area contributed by atoms with Gasteiger partial charge >= 0.3 is 12.1 Å². The Kier molecular flexibility index (Phi) is 6.25. The SMILES string of the molecule is CCCCNC(=O)C1CCN(OC(=O)C(F)(F)F)CC1. The largest absolute Gasteiger partial charge is 0.492 e. The molecule has 8 heteroatoms. The number of nitrogens with zero attached hydrogens (tertiary/aromatic N) is 1. The fourth-order valence-corrected chi connectivity index (χ4v) is 1.91. The van der Waals surface area contributed by atoms with Crippen molar-refractivity contribution in [2.24, 2.45) is 5.92 Å². The minimum atomic E-state index is -4.99. The first kappa shape index (κ1) is 16.7. The summed E-state index contributed by atoms with van der Waals surface area (Å²) in [7, 11) is 0. The zero-order chi connectivity index (χ0) is 15.2. The van der Waals surface area contributed by atoms with E-state index >= 15 is 0 Å². The highest BCUT2D eigenvalue weighted by Gasteiger charge is 2.43. The topological polar surface area (TPSA) is 58.6 Å². The van der Waals surface area contributed by atoms with E-state index in [1.165, 1.54) is 0 Å². The zero-order valence-corrected chi connectivity index (χ0v) is 11.3. The second kappa shape index (κ2) is 7.47. The molecule has 1 N–H and O–H groups in total. The highest BCUT2D eigenvalue weighted by Crippen LogP contribution is 2.21. The van der Waals surface area contributed by atoms with E-state index in [1.54, 1.807) is 0 Å². The third-order valence-electron chi connectivity index (χ3n) is 3.10. The van der Waals surface area contributed by atoms with Gasteiger partial charge in [-0.2, -0.15) is 13.2 Å². The molecule has 1 heterocycles.